The maximum Gasteiger partial charge on any atom is 0.274 e. The van der Waals surface area contributed by atoms with Crippen molar-refractivity contribution in [1.82, 2.24) is 24.3 Å². The van der Waals surface area contributed by atoms with Crippen molar-refractivity contribution in [2.45, 2.75) is 24.9 Å². The van der Waals surface area contributed by atoms with E-state index in [2.05, 4.69) is 39.2 Å². The summed E-state index contributed by atoms with van der Waals surface area (Å²) in [5.74, 6) is 0.501. The lowest BCUT2D eigenvalue weighted by molar-refractivity contribution is -0.0957. The molecule has 1 saturated heterocycles. The summed E-state index contributed by atoms with van der Waals surface area (Å²) in [4.78, 5) is 27.1. The largest absolute Gasteiger partial charge is 0.368 e. The van der Waals surface area contributed by atoms with Crippen molar-refractivity contribution in [3.8, 4) is 0 Å². The summed E-state index contributed by atoms with van der Waals surface area (Å²) in [5.41, 5.74) is 3.85. The minimum absolute atomic E-state index is 0.0435. The fraction of sp³-hybridized carbons (Fsp3) is 0.318. The molecule has 4 aromatic rings. The van der Waals surface area contributed by atoms with Crippen LogP contribution in [0.25, 0.3) is 16.7 Å². The molecule has 0 saturated carbocycles. The lowest BCUT2D eigenvalue weighted by Crippen LogP contribution is -2.48. The third-order valence-electron chi connectivity index (χ3n) is 6.31. The van der Waals surface area contributed by atoms with E-state index < -0.39 is 0 Å². The molecule has 29 heavy (non-hydrogen) atoms. The second-order valence-corrected chi connectivity index (χ2v) is 7.86. The van der Waals surface area contributed by atoms with E-state index in [1.165, 1.54) is 16.6 Å². The second-order valence-electron chi connectivity index (χ2n) is 7.86. The SMILES string of the molecule is O=C(c1cn2cccnc2n1)N1CCC2(CC1)OCCc1c2[nH]c2ccccc12. The first-order chi connectivity index (χ1) is 14.2. The number of benzene rings is 1. The zero-order valence-corrected chi connectivity index (χ0v) is 16.0. The van der Waals surface area contributed by atoms with Gasteiger partial charge in [-0.1, -0.05) is 18.2 Å². The molecule has 3 aromatic heterocycles. The molecule has 1 aromatic carbocycles. The van der Waals surface area contributed by atoms with Crippen LogP contribution in [0.5, 0.6) is 0 Å². The predicted octanol–water partition coefficient (Wildman–Crippen LogP) is 2.91. The van der Waals surface area contributed by atoms with Crippen molar-refractivity contribution < 1.29 is 9.53 Å². The smallest absolute Gasteiger partial charge is 0.274 e. The highest BCUT2D eigenvalue weighted by atomic mass is 16.5. The van der Waals surface area contributed by atoms with Crippen LogP contribution in [-0.2, 0) is 16.8 Å². The Balaban J connectivity index is 1.27. The summed E-state index contributed by atoms with van der Waals surface area (Å²) in [7, 11) is 0. The van der Waals surface area contributed by atoms with Crippen molar-refractivity contribution in [2.24, 2.45) is 0 Å². The Kier molecular flexibility index (Phi) is 3.55. The Labute approximate surface area is 167 Å². The summed E-state index contributed by atoms with van der Waals surface area (Å²) in [6, 6.07) is 10.3. The number of ether oxygens (including phenoxy) is 1. The van der Waals surface area contributed by atoms with E-state index >= 15 is 0 Å². The molecule has 0 atom stereocenters. The molecule has 6 rings (SSSR count). The Morgan fingerprint density at radius 2 is 2.03 bits per heavy atom. The van der Waals surface area contributed by atoms with E-state index in [0.29, 0.717) is 24.6 Å². The Morgan fingerprint density at radius 1 is 1.17 bits per heavy atom. The first-order valence-corrected chi connectivity index (χ1v) is 10.1. The normalized spacial score (nSPS) is 18.4. The quantitative estimate of drug-likeness (QED) is 0.545. The first kappa shape index (κ1) is 16.7. The average molecular weight is 387 g/mol. The summed E-state index contributed by atoms with van der Waals surface area (Å²) < 4.78 is 8.12. The van der Waals surface area contributed by atoms with Gasteiger partial charge >= 0.3 is 0 Å². The summed E-state index contributed by atoms with van der Waals surface area (Å²) in [6.07, 6.45) is 7.78. The molecule has 2 aliphatic heterocycles. The maximum atomic E-state index is 13.0. The summed E-state index contributed by atoms with van der Waals surface area (Å²) in [6.45, 7) is 2.02. The van der Waals surface area contributed by atoms with Gasteiger partial charge in [-0.05, 0) is 37.0 Å². The number of hydrogen-bond acceptors (Lipinski definition) is 4. The van der Waals surface area contributed by atoms with Crippen LogP contribution in [0, 0.1) is 0 Å². The van der Waals surface area contributed by atoms with Crippen molar-refractivity contribution in [1.29, 1.82) is 0 Å². The van der Waals surface area contributed by atoms with Gasteiger partial charge in [-0.2, -0.15) is 0 Å². The van der Waals surface area contributed by atoms with Gasteiger partial charge in [0.15, 0.2) is 0 Å². The fourth-order valence-electron chi connectivity index (χ4n) is 4.83. The number of carbonyl (C=O) groups is 1. The highest BCUT2D eigenvalue weighted by Gasteiger charge is 2.43. The third kappa shape index (κ3) is 2.50. The van der Waals surface area contributed by atoms with E-state index in [1.54, 1.807) is 16.8 Å². The first-order valence-electron chi connectivity index (χ1n) is 10.1. The number of amides is 1. The standard InChI is InChI=1S/C22H21N5O2/c28-20(18-14-27-10-3-9-23-21(27)25-18)26-11-7-22(8-12-26)19-16(6-13-29-22)15-4-1-2-5-17(15)24-19/h1-5,9-10,14,24H,6-8,11-13H2. The molecule has 0 radical (unpaired) electrons. The van der Waals surface area contributed by atoms with Gasteiger partial charge in [-0.15, -0.1) is 0 Å². The minimum Gasteiger partial charge on any atom is -0.368 e. The van der Waals surface area contributed by atoms with Gasteiger partial charge in [0.25, 0.3) is 5.91 Å². The van der Waals surface area contributed by atoms with Gasteiger partial charge in [0.05, 0.1) is 12.3 Å². The molecule has 7 nitrogen and oxygen atoms in total. The number of para-hydroxylation sites is 1. The number of H-pyrrole nitrogens is 1. The van der Waals surface area contributed by atoms with Crippen LogP contribution < -0.4 is 0 Å². The van der Waals surface area contributed by atoms with Gasteiger partial charge in [0, 0.05) is 42.6 Å². The molecule has 0 aliphatic carbocycles. The lowest BCUT2D eigenvalue weighted by atomic mass is 9.83. The van der Waals surface area contributed by atoms with Crippen LogP contribution >= 0.6 is 0 Å². The average Bonchev–Trinajstić information content (AvgIpc) is 3.36. The van der Waals surface area contributed by atoms with Crippen molar-refractivity contribution >= 4 is 22.6 Å². The summed E-state index contributed by atoms with van der Waals surface area (Å²) in [5, 5.41) is 1.29. The number of rotatable bonds is 1. The minimum atomic E-state index is -0.330. The van der Waals surface area contributed by atoms with E-state index in [9.17, 15) is 4.79 Å². The number of hydrogen-bond donors (Lipinski definition) is 1. The van der Waals surface area contributed by atoms with Crippen LogP contribution in [0.1, 0.15) is 34.6 Å². The monoisotopic (exact) mass is 387 g/mol. The highest BCUT2D eigenvalue weighted by Crippen LogP contribution is 2.43. The van der Waals surface area contributed by atoms with Crippen LogP contribution in [-0.4, -0.2) is 49.9 Å². The summed E-state index contributed by atoms with van der Waals surface area (Å²) >= 11 is 0. The van der Waals surface area contributed by atoms with Crippen LogP contribution in [0.4, 0.5) is 0 Å². The number of carbonyl (C=O) groups excluding carboxylic acids is 1. The van der Waals surface area contributed by atoms with Crippen molar-refractivity contribution in [2.75, 3.05) is 19.7 Å². The van der Waals surface area contributed by atoms with Crippen LogP contribution in [0.3, 0.4) is 0 Å². The molecule has 7 heteroatoms. The van der Waals surface area contributed by atoms with E-state index in [1.807, 2.05) is 17.2 Å². The molecule has 1 amide bonds. The molecule has 1 fully saturated rings. The molecule has 146 valence electrons. The number of imidazole rings is 1. The molecular formula is C22H21N5O2. The predicted molar refractivity (Wildman–Crippen MR) is 108 cm³/mol. The topological polar surface area (TPSA) is 75.5 Å². The zero-order valence-electron chi connectivity index (χ0n) is 16.0. The van der Waals surface area contributed by atoms with Gasteiger partial charge in [-0.3, -0.25) is 9.20 Å². The number of piperidine rings is 1. The molecule has 5 heterocycles. The number of nitrogens with one attached hydrogen (secondary N) is 1. The van der Waals surface area contributed by atoms with Crippen LogP contribution in [0.15, 0.2) is 48.9 Å². The third-order valence-corrected chi connectivity index (χ3v) is 6.31. The Hall–Kier alpha value is -3.19. The van der Waals surface area contributed by atoms with Gasteiger partial charge in [-0.25, -0.2) is 9.97 Å². The van der Waals surface area contributed by atoms with Gasteiger partial charge in [0.1, 0.15) is 11.3 Å². The number of aromatic amines is 1. The van der Waals surface area contributed by atoms with Crippen molar-refractivity contribution in [3.63, 3.8) is 0 Å². The van der Waals surface area contributed by atoms with Crippen molar-refractivity contribution in [3.05, 3.63) is 65.9 Å². The highest BCUT2D eigenvalue weighted by molar-refractivity contribution is 5.93. The second kappa shape index (κ2) is 6.15. The van der Waals surface area contributed by atoms with Gasteiger partial charge in [0.2, 0.25) is 5.78 Å². The molecular weight excluding hydrogens is 366 g/mol. The van der Waals surface area contributed by atoms with Crippen LogP contribution in [0.2, 0.25) is 0 Å². The number of aromatic nitrogens is 4. The Morgan fingerprint density at radius 3 is 2.90 bits per heavy atom. The number of likely N-dealkylation sites (tertiary alicyclic amines) is 1. The molecule has 0 unspecified atom stereocenters. The van der Waals surface area contributed by atoms with Gasteiger partial charge < -0.3 is 14.6 Å². The molecule has 2 aliphatic rings. The number of nitrogens with zero attached hydrogens (tertiary/aromatic N) is 4. The molecule has 1 N–H and O–H groups in total. The van der Waals surface area contributed by atoms with E-state index in [4.69, 9.17) is 4.74 Å². The van der Waals surface area contributed by atoms with E-state index in [0.717, 1.165) is 31.4 Å². The Bertz CT molecular complexity index is 1200. The number of fused-ring (bicyclic) bond motifs is 5. The zero-order chi connectivity index (χ0) is 19.4. The fourth-order valence-corrected chi connectivity index (χ4v) is 4.83. The lowest BCUT2D eigenvalue weighted by Gasteiger charge is -2.43. The van der Waals surface area contributed by atoms with E-state index in [-0.39, 0.29) is 11.5 Å². The maximum absolute atomic E-state index is 13.0. The molecule has 1 spiro atoms. The molecule has 0 bridgehead atoms.